The van der Waals surface area contributed by atoms with Crippen molar-refractivity contribution in [2.24, 2.45) is 10.9 Å². The summed E-state index contributed by atoms with van der Waals surface area (Å²) < 4.78 is 11.0. The van der Waals surface area contributed by atoms with Gasteiger partial charge in [0.15, 0.2) is 5.96 Å². The number of morpholine rings is 1. The second-order valence-corrected chi connectivity index (χ2v) is 7.65. The third-order valence-corrected chi connectivity index (χ3v) is 4.51. The summed E-state index contributed by atoms with van der Waals surface area (Å²) in [4.78, 5) is 7.14. The van der Waals surface area contributed by atoms with Crippen LogP contribution in [0.1, 0.15) is 38.3 Å². The average Bonchev–Trinajstić information content (AvgIpc) is 2.70. The van der Waals surface area contributed by atoms with E-state index < -0.39 is 0 Å². The molecule has 2 rings (SSSR count). The normalized spacial score (nSPS) is 15.2. The zero-order chi connectivity index (χ0) is 20.0. The van der Waals surface area contributed by atoms with E-state index in [1.54, 1.807) is 0 Å². The highest BCUT2D eigenvalue weighted by molar-refractivity contribution is 14.0. The number of hydrogen-bond donors (Lipinski definition) is 2. The summed E-state index contributed by atoms with van der Waals surface area (Å²) in [7, 11) is 0. The molecule has 0 saturated carbocycles. The first-order valence-corrected chi connectivity index (χ1v) is 10.6. The second kappa shape index (κ2) is 15.9. The summed E-state index contributed by atoms with van der Waals surface area (Å²) in [6.07, 6.45) is 0.980. The molecule has 0 atom stereocenters. The Bertz CT molecular complexity index is 560. The summed E-state index contributed by atoms with van der Waals surface area (Å²) in [5.74, 6) is 1.45. The molecule has 166 valence electrons. The fourth-order valence-electron chi connectivity index (χ4n) is 2.98. The fourth-order valence-corrected chi connectivity index (χ4v) is 2.98. The van der Waals surface area contributed by atoms with Crippen molar-refractivity contribution in [2.75, 3.05) is 52.6 Å². The van der Waals surface area contributed by atoms with Gasteiger partial charge in [-0.2, -0.15) is 0 Å². The van der Waals surface area contributed by atoms with Crippen LogP contribution >= 0.6 is 24.0 Å². The average molecular weight is 518 g/mol. The lowest BCUT2D eigenvalue weighted by atomic mass is 10.1. The van der Waals surface area contributed by atoms with Gasteiger partial charge in [-0.1, -0.05) is 38.1 Å². The monoisotopic (exact) mass is 518 g/mol. The zero-order valence-electron chi connectivity index (χ0n) is 18.3. The van der Waals surface area contributed by atoms with E-state index in [0.29, 0.717) is 12.5 Å². The predicted octanol–water partition coefficient (Wildman–Crippen LogP) is 3.25. The zero-order valence-corrected chi connectivity index (χ0v) is 20.6. The number of hydrogen-bond acceptors (Lipinski definition) is 4. The molecule has 1 heterocycles. The van der Waals surface area contributed by atoms with E-state index in [1.807, 2.05) is 0 Å². The fraction of sp³-hybridized carbons (Fsp3) is 0.682. The maximum absolute atomic E-state index is 5.62. The molecule has 0 aromatic heterocycles. The van der Waals surface area contributed by atoms with Crippen molar-refractivity contribution in [1.82, 2.24) is 15.5 Å². The Morgan fingerprint density at radius 3 is 2.48 bits per heavy atom. The third kappa shape index (κ3) is 11.8. The lowest BCUT2D eigenvalue weighted by molar-refractivity contribution is 0.0342. The van der Waals surface area contributed by atoms with E-state index in [0.717, 1.165) is 71.5 Å². The number of guanidine groups is 1. The SMILES string of the molecule is CCNC(=NCc1ccc(CN2CCOCC2)cc1)NCCCOCC(C)C.I. The smallest absolute Gasteiger partial charge is 0.191 e. The number of halogens is 1. The summed E-state index contributed by atoms with van der Waals surface area (Å²) in [6.45, 7) is 15.2. The Morgan fingerprint density at radius 1 is 1.14 bits per heavy atom. The number of ether oxygens (including phenoxy) is 2. The third-order valence-electron chi connectivity index (χ3n) is 4.51. The molecule has 2 N–H and O–H groups in total. The first kappa shape index (κ1) is 26.1. The number of nitrogens with zero attached hydrogens (tertiary/aromatic N) is 2. The van der Waals surface area contributed by atoms with Crippen LogP contribution in [-0.4, -0.2) is 63.5 Å². The van der Waals surface area contributed by atoms with Crippen molar-refractivity contribution in [2.45, 2.75) is 40.3 Å². The van der Waals surface area contributed by atoms with Gasteiger partial charge in [-0.3, -0.25) is 4.90 Å². The molecule has 0 unspecified atom stereocenters. The molecular weight excluding hydrogens is 479 g/mol. The van der Waals surface area contributed by atoms with E-state index in [2.05, 4.69) is 60.6 Å². The Kier molecular flexibility index (Phi) is 14.3. The van der Waals surface area contributed by atoms with E-state index in [4.69, 9.17) is 14.5 Å². The van der Waals surface area contributed by atoms with Crippen LogP contribution in [0.3, 0.4) is 0 Å². The molecule has 1 aliphatic rings. The maximum Gasteiger partial charge on any atom is 0.191 e. The molecule has 1 saturated heterocycles. The minimum atomic E-state index is 0. The van der Waals surface area contributed by atoms with Gasteiger partial charge in [0.25, 0.3) is 0 Å². The van der Waals surface area contributed by atoms with Gasteiger partial charge in [0, 0.05) is 45.9 Å². The molecule has 1 aromatic rings. The molecule has 0 bridgehead atoms. The van der Waals surface area contributed by atoms with Crippen LogP contribution in [0.2, 0.25) is 0 Å². The Balaban J connectivity index is 0.00000420. The van der Waals surface area contributed by atoms with Gasteiger partial charge >= 0.3 is 0 Å². The van der Waals surface area contributed by atoms with Crippen molar-refractivity contribution in [3.63, 3.8) is 0 Å². The van der Waals surface area contributed by atoms with Crippen LogP contribution in [0.15, 0.2) is 29.3 Å². The molecular formula is C22H39IN4O2. The summed E-state index contributed by atoms with van der Waals surface area (Å²) >= 11 is 0. The largest absolute Gasteiger partial charge is 0.381 e. The lowest BCUT2D eigenvalue weighted by Gasteiger charge is -2.26. The quantitative estimate of drug-likeness (QED) is 0.204. The van der Waals surface area contributed by atoms with Gasteiger partial charge in [0.2, 0.25) is 0 Å². The Hall–Kier alpha value is -0.900. The molecule has 0 radical (unpaired) electrons. The molecule has 1 aliphatic heterocycles. The molecule has 1 aromatic carbocycles. The van der Waals surface area contributed by atoms with E-state index >= 15 is 0 Å². The van der Waals surface area contributed by atoms with Crippen molar-refractivity contribution < 1.29 is 9.47 Å². The first-order valence-electron chi connectivity index (χ1n) is 10.6. The Labute approximate surface area is 193 Å². The molecule has 0 aliphatic carbocycles. The topological polar surface area (TPSA) is 58.1 Å². The van der Waals surface area contributed by atoms with Crippen molar-refractivity contribution in [1.29, 1.82) is 0 Å². The number of benzene rings is 1. The predicted molar refractivity (Wildman–Crippen MR) is 131 cm³/mol. The van der Waals surface area contributed by atoms with Crippen LogP contribution in [0.4, 0.5) is 0 Å². The van der Waals surface area contributed by atoms with E-state index in [9.17, 15) is 0 Å². The van der Waals surface area contributed by atoms with Crippen LogP contribution in [0.25, 0.3) is 0 Å². The van der Waals surface area contributed by atoms with Crippen LogP contribution in [0.5, 0.6) is 0 Å². The molecule has 7 heteroatoms. The summed E-state index contributed by atoms with van der Waals surface area (Å²) in [6, 6.07) is 8.80. The summed E-state index contributed by atoms with van der Waals surface area (Å²) in [5, 5.41) is 6.69. The number of rotatable bonds is 11. The van der Waals surface area contributed by atoms with Gasteiger partial charge in [0.05, 0.1) is 19.8 Å². The van der Waals surface area contributed by atoms with E-state index in [-0.39, 0.29) is 24.0 Å². The number of nitrogens with one attached hydrogen (secondary N) is 2. The van der Waals surface area contributed by atoms with Gasteiger partial charge < -0.3 is 20.1 Å². The molecule has 0 amide bonds. The van der Waals surface area contributed by atoms with Crippen molar-refractivity contribution >= 4 is 29.9 Å². The number of aliphatic imine (C=N–C) groups is 1. The van der Waals surface area contributed by atoms with Crippen LogP contribution in [-0.2, 0) is 22.6 Å². The van der Waals surface area contributed by atoms with Gasteiger partial charge in [0.1, 0.15) is 0 Å². The lowest BCUT2D eigenvalue weighted by Crippen LogP contribution is -2.38. The standard InChI is InChI=1S/C22H38N4O2.HI/c1-4-23-22(24-10-5-13-28-18-19(2)3)25-16-20-6-8-21(9-7-20)17-26-11-14-27-15-12-26;/h6-9,19H,4-5,10-18H2,1-3H3,(H2,23,24,25);1H. The highest BCUT2D eigenvalue weighted by Gasteiger charge is 2.10. The maximum atomic E-state index is 5.62. The highest BCUT2D eigenvalue weighted by atomic mass is 127. The summed E-state index contributed by atoms with van der Waals surface area (Å²) in [5.41, 5.74) is 2.57. The van der Waals surface area contributed by atoms with Gasteiger partial charge in [-0.25, -0.2) is 4.99 Å². The molecule has 6 nitrogen and oxygen atoms in total. The second-order valence-electron chi connectivity index (χ2n) is 7.65. The first-order chi connectivity index (χ1) is 13.7. The van der Waals surface area contributed by atoms with Crippen LogP contribution < -0.4 is 10.6 Å². The van der Waals surface area contributed by atoms with Gasteiger partial charge in [-0.15, -0.1) is 24.0 Å². The van der Waals surface area contributed by atoms with Gasteiger partial charge in [-0.05, 0) is 30.4 Å². The molecule has 29 heavy (non-hydrogen) atoms. The minimum Gasteiger partial charge on any atom is -0.381 e. The highest BCUT2D eigenvalue weighted by Crippen LogP contribution is 2.10. The molecule has 1 fully saturated rings. The van der Waals surface area contributed by atoms with Crippen molar-refractivity contribution in [3.8, 4) is 0 Å². The van der Waals surface area contributed by atoms with E-state index in [1.165, 1.54) is 11.1 Å². The Morgan fingerprint density at radius 2 is 1.83 bits per heavy atom. The minimum absolute atomic E-state index is 0. The van der Waals surface area contributed by atoms with Crippen molar-refractivity contribution in [3.05, 3.63) is 35.4 Å². The van der Waals surface area contributed by atoms with Crippen LogP contribution in [0, 0.1) is 5.92 Å². The molecule has 0 spiro atoms.